The predicted octanol–water partition coefficient (Wildman–Crippen LogP) is 3.19. The van der Waals surface area contributed by atoms with Crippen LogP contribution in [-0.2, 0) is 24.7 Å². The summed E-state index contributed by atoms with van der Waals surface area (Å²) >= 11 is 0. The number of hydrogen-bond acceptors (Lipinski definition) is 8. The summed E-state index contributed by atoms with van der Waals surface area (Å²) < 4.78 is 58.8. The molecule has 3 heterocycles. The van der Waals surface area contributed by atoms with Gasteiger partial charge in [-0.3, -0.25) is 0 Å². The molecule has 37 heavy (non-hydrogen) atoms. The number of carbonyl (C=O) groups is 2. The summed E-state index contributed by atoms with van der Waals surface area (Å²) in [7, 11) is 0. The molecule has 11 heteroatoms. The number of hydrogen-bond donors (Lipinski definition) is 3. The van der Waals surface area contributed by atoms with Crippen molar-refractivity contribution in [3.63, 3.8) is 0 Å². The molecule has 1 aromatic carbocycles. The lowest BCUT2D eigenvalue weighted by molar-refractivity contribution is -0.259. The topological polar surface area (TPSA) is 126 Å². The highest BCUT2D eigenvalue weighted by atomic mass is 19.4. The number of benzene rings is 1. The molecule has 5 rings (SSSR count). The molecule has 0 unspecified atom stereocenters. The molecule has 204 valence electrons. The molecule has 1 aliphatic carbocycles. The van der Waals surface area contributed by atoms with Gasteiger partial charge in [0, 0.05) is 12.3 Å². The van der Waals surface area contributed by atoms with Crippen LogP contribution in [-0.4, -0.2) is 53.2 Å². The molecule has 4 aliphatic rings. The lowest BCUT2D eigenvalue weighted by atomic mass is 9.69. The van der Waals surface area contributed by atoms with Crippen molar-refractivity contribution in [2.75, 3.05) is 6.61 Å². The molecule has 3 saturated heterocycles. The molecule has 3 aliphatic heterocycles. The van der Waals surface area contributed by atoms with Crippen molar-refractivity contribution in [2.45, 2.75) is 82.2 Å². The molecule has 1 aromatic rings. The molecule has 0 spiro atoms. The van der Waals surface area contributed by atoms with Gasteiger partial charge >= 0.3 is 18.1 Å². The van der Waals surface area contributed by atoms with Crippen molar-refractivity contribution in [3.05, 3.63) is 35.4 Å². The molecule has 4 fully saturated rings. The minimum absolute atomic E-state index is 0.0350. The standard InChI is InChI=1S/C26H33F3N2O6/c1-13(2)24-11-18(35-19(33)12-32)23(4,37-24)17-10-5-14(3)20(17)21(24)36-22(34)15-6-8-16(9-7-15)25(30-31-25)26(27,28)29/h6-9,13-14,17-18,20-21,30-32H,5,10-12H2,1-4H3/t14-,17-,18-,20-,21+,23+,24-/m1/s1. The second-order valence-electron chi connectivity index (χ2n) is 11.4. The third-order valence-corrected chi connectivity index (χ3v) is 9.14. The summed E-state index contributed by atoms with van der Waals surface area (Å²) in [5.74, 6) is -1.33. The van der Waals surface area contributed by atoms with E-state index < -0.39 is 53.8 Å². The van der Waals surface area contributed by atoms with Crippen molar-refractivity contribution in [2.24, 2.45) is 23.7 Å². The van der Waals surface area contributed by atoms with Crippen LogP contribution < -0.4 is 10.9 Å². The van der Waals surface area contributed by atoms with E-state index >= 15 is 0 Å². The van der Waals surface area contributed by atoms with Gasteiger partial charge < -0.3 is 19.3 Å². The van der Waals surface area contributed by atoms with Crippen molar-refractivity contribution in [1.82, 2.24) is 10.9 Å². The normalized spacial score (nSPS) is 37.8. The average molecular weight is 527 g/mol. The summed E-state index contributed by atoms with van der Waals surface area (Å²) in [5, 5.41) is 9.28. The van der Waals surface area contributed by atoms with Crippen molar-refractivity contribution >= 4 is 11.9 Å². The first-order chi connectivity index (χ1) is 17.3. The minimum atomic E-state index is -4.54. The highest BCUT2D eigenvalue weighted by Gasteiger charge is 2.72. The van der Waals surface area contributed by atoms with Crippen molar-refractivity contribution in [1.29, 1.82) is 0 Å². The Morgan fingerprint density at radius 1 is 1.16 bits per heavy atom. The maximum atomic E-state index is 13.4. The number of ether oxygens (including phenoxy) is 3. The molecule has 8 nitrogen and oxygen atoms in total. The molecule has 0 radical (unpaired) electrons. The quantitative estimate of drug-likeness (QED) is 0.381. The van der Waals surface area contributed by atoms with Gasteiger partial charge in [-0.25, -0.2) is 20.4 Å². The van der Waals surface area contributed by atoms with Crippen LogP contribution in [0.3, 0.4) is 0 Å². The zero-order chi connectivity index (χ0) is 27.0. The van der Waals surface area contributed by atoms with E-state index in [0.717, 1.165) is 12.8 Å². The fourth-order valence-corrected chi connectivity index (χ4v) is 6.99. The van der Waals surface area contributed by atoms with E-state index in [1.807, 2.05) is 20.8 Å². The van der Waals surface area contributed by atoms with Gasteiger partial charge in [0.1, 0.15) is 30.0 Å². The van der Waals surface area contributed by atoms with Crippen LogP contribution in [0.25, 0.3) is 0 Å². The van der Waals surface area contributed by atoms with Crippen LogP contribution >= 0.6 is 0 Å². The van der Waals surface area contributed by atoms with E-state index in [9.17, 15) is 27.9 Å². The van der Waals surface area contributed by atoms with Crippen LogP contribution in [0, 0.1) is 23.7 Å². The highest BCUT2D eigenvalue weighted by molar-refractivity contribution is 5.89. The van der Waals surface area contributed by atoms with E-state index in [1.165, 1.54) is 24.3 Å². The van der Waals surface area contributed by atoms with Gasteiger partial charge in [-0.1, -0.05) is 32.9 Å². The lowest BCUT2D eigenvalue weighted by Gasteiger charge is -2.53. The number of rotatable bonds is 6. The van der Waals surface area contributed by atoms with Crippen LogP contribution in [0.4, 0.5) is 13.2 Å². The molecule has 2 bridgehead atoms. The third kappa shape index (κ3) is 3.88. The maximum absolute atomic E-state index is 13.4. The molecular formula is C26H33F3N2O6. The Kier molecular flexibility index (Phi) is 6.18. The number of aliphatic hydroxyl groups is 1. The first kappa shape index (κ1) is 26.4. The fourth-order valence-electron chi connectivity index (χ4n) is 6.99. The Balaban J connectivity index is 1.44. The van der Waals surface area contributed by atoms with Gasteiger partial charge in [-0.05, 0) is 55.2 Å². The van der Waals surface area contributed by atoms with Gasteiger partial charge in [0.15, 0.2) is 0 Å². The van der Waals surface area contributed by atoms with Crippen LogP contribution in [0.15, 0.2) is 24.3 Å². The number of fused-ring (bicyclic) bond motifs is 4. The number of carbonyl (C=O) groups excluding carboxylic acids is 2. The number of alkyl halides is 3. The van der Waals surface area contributed by atoms with Gasteiger partial charge in [0.2, 0.25) is 5.66 Å². The van der Waals surface area contributed by atoms with Gasteiger partial charge in [-0.15, -0.1) is 0 Å². The number of esters is 2. The summed E-state index contributed by atoms with van der Waals surface area (Å²) in [5.41, 5.74) is 0.362. The predicted molar refractivity (Wildman–Crippen MR) is 124 cm³/mol. The highest BCUT2D eigenvalue weighted by Crippen LogP contribution is 2.63. The SMILES string of the molecule is CC(C)[C@@]12C[C@@H](OC(=O)CO)[C@@](C)(O1)[C@@H]1CC[C@@H](C)[C@H]1[C@@H]2OC(=O)c1ccc(C2(C(F)(F)F)NN2)cc1. The zero-order valence-electron chi connectivity index (χ0n) is 21.2. The first-order valence-electron chi connectivity index (χ1n) is 12.7. The summed E-state index contributed by atoms with van der Waals surface area (Å²) in [6.07, 6.45) is -3.77. The summed E-state index contributed by atoms with van der Waals surface area (Å²) in [6, 6.07) is 5.17. The summed E-state index contributed by atoms with van der Waals surface area (Å²) in [6.45, 7) is 7.26. The Hall–Kier alpha value is -2.21. The third-order valence-electron chi connectivity index (χ3n) is 9.14. The Morgan fingerprint density at radius 3 is 2.35 bits per heavy atom. The van der Waals surface area contributed by atoms with Gasteiger partial charge in [-0.2, -0.15) is 13.2 Å². The Labute approximate surface area is 213 Å². The van der Waals surface area contributed by atoms with E-state index in [4.69, 9.17) is 14.2 Å². The molecular weight excluding hydrogens is 493 g/mol. The number of hydrazine groups is 1. The second kappa shape index (κ2) is 8.65. The Morgan fingerprint density at radius 2 is 1.81 bits per heavy atom. The van der Waals surface area contributed by atoms with Crippen molar-refractivity contribution < 1.29 is 42.1 Å². The lowest BCUT2D eigenvalue weighted by Crippen LogP contribution is -2.62. The second-order valence-corrected chi connectivity index (χ2v) is 11.4. The monoisotopic (exact) mass is 526 g/mol. The zero-order valence-corrected chi connectivity index (χ0v) is 21.2. The van der Waals surface area contributed by atoms with Crippen LogP contribution in [0.5, 0.6) is 0 Å². The molecule has 7 atom stereocenters. The van der Waals surface area contributed by atoms with E-state index in [-0.39, 0.29) is 34.8 Å². The van der Waals surface area contributed by atoms with Gasteiger partial charge in [0.05, 0.1) is 5.56 Å². The summed E-state index contributed by atoms with van der Waals surface area (Å²) in [4.78, 5) is 25.4. The first-order valence-corrected chi connectivity index (χ1v) is 12.7. The van der Waals surface area contributed by atoms with Crippen LogP contribution in [0.1, 0.15) is 62.9 Å². The van der Waals surface area contributed by atoms with Crippen LogP contribution in [0.2, 0.25) is 0 Å². The maximum Gasteiger partial charge on any atom is 0.426 e. The van der Waals surface area contributed by atoms with E-state index in [0.29, 0.717) is 6.42 Å². The minimum Gasteiger partial charge on any atom is -0.457 e. The van der Waals surface area contributed by atoms with Crippen molar-refractivity contribution in [3.8, 4) is 0 Å². The fraction of sp³-hybridized carbons (Fsp3) is 0.692. The molecule has 3 N–H and O–H groups in total. The largest absolute Gasteiger partial charge is 0.457 e. The molecule has 1 saturated carbocycles. The number of halogens is 3. The number of nitrogens with one attached hydrogen (secondary N) is 2. The van der Waals surface area contributed by atoms with E-state index in [1.54, 1.807) is 0 Å². The molecule has 0 amide bonds. The smallest absolute Gasteiger partial charge is 0.426 e. The number of aliphatic hydroxyl groups excluding tert-OH is 1. The van der Waals surface area contributed by atoms with E-state index in [2.05, 4.69) is 17.8 Å². The molecule has 0 aromatic heterocycles. The average Bonchev–Trinajstić information content (AvgIpc) is 3.51. The van der Waals surface area contributed by atoms with Gasteiger partial charge in [0.25, 0.3) is 0 Å². The Bertz CT molecular complexity index is 1080.